The van der Waals surface area contributed by atoms with Gasteiger partial charge in [0.1, 0.15) is 0 Å². The molecule has 0 bridgehead atoms. The predicted octanol–water partition coefficient (Wildman–Crippen LogP) is 3.60. The number of rotatable bonds is 8. The van der Waals surface area contributed by atoms with Crippen LogP contribution in [0.1, 0.15) is 46.9 Å². The smallest absolute Gasteiger partial charge is 0.252 e. The maximum absolute atomic E-state index is 13.2. The first-order valence-electron chi connectivity index (χ1n) is 11.3. The summed E-state index contributed by atoms with van der Waals surface area (Å²) in [6, 6.07) is 15.8. The summed E-state index contributed by atoms with van der Waals surface area (Å²) in [7, 11) is -3.38. The summed E-state index contributed by atoms with van der Waals surface area (Å²) in [4.78, 5) is 22.7. The normalized spacial score (nSPS) is 13.8. The molecule has 34 heavy (non-hydrogen) atoms. The van der Waals surface area contributed by atoms with Gasteiger partial charge in [-0.2, -0.15) is 9.78 Å². The zero-order valence-corrected chi connectivity index (χ0v) is 19.6. The largest absolute Gasteiger partial charge is 0.352 e. The van der Waals surface area contributed by atoms with Crippen molar-refractivity contribution in [3.8, 4) is 5.82 Å². The van der Waals surface area contributed by atoms with Gasteiger partial charge in [0.05, 0.1) is 27.3 Å². The third kappa shape index (κ3) is 4.43. The summed E-state index contributed by atoms with van der Waals surface area (Å²) in [6.45, 7) is 2.10. The molecule has 0 atom stereocenters. The molecule has 9 heteroatoms. The number of nitrogens with zero attached hydrogens (tertiary/aromatic N) is 4. The highest BCUT2D eigenvalue weighted by Crippen LogP contribution is 2.40. The Bertz CT molecular complexity index is 1450. The van der Waals surface area contributed by atoms with E-state index in [0.717, 1.165) is 18.5 Å². The number of pyridine rings is 2. The average Bonchev–Trinajstić information content (AvgIpc) is 3.66. The highest BCUT2D eigenvalue weighted by atomic mass is 32.2. The Morgan fingerprint density at radius 3 is 2.59 bits per heavy atom. The van der Waals surface area contributed by atoms with Crippen LogP contribution >= 0.6 is 0 Å². The molecule has 3 aromatic heterocycles. The molecule has 1 saturated carbocycles. The van der Waals surface area contributed by atoms with Gasteiger partial charge in [0.2, 0.25) is 0 Å². The van der Waals surface area contributed by atoms with Crippen LogP contribution < -0.4 is 5.32 Å². The van der Waals surface area contributed by atoms with Crippen molar-refractivity contribution in [1.29, 1.82) is 0 Å². The molecular formula is C25H25N5O3S. The van der Waals surface area contributed by atoms with E-state index >= 15 is 0 Å². The Morgan fingerprint density at radius 1 is 1.12 bits per heavy atom. The van der Waals surface area contributed by atoms with Crippen LogP contribution in [0.25, 0.3) is 16.9 Å². The molecule has 0 saturated heterocycles. The quantitative estimate of drug-likeness (QED) is 0.390. The molecule has 1 aliphatic rings. The van der Waals surface area contributed by atoms with E-state index in [0.29, 0.717) is 45.3 Å². The molecule has 4 aromatic rings. The number of benzene rings is 1. The van der Waals surface area contributed by atoms with Gasteiger partial charge >= 0.3 is 0 Å². The van der Waals surface area contributed by atoms with Crippen molar-refractivity contribution in [3.05, 3.63) is 77.7 Å². The first-order chi connectivity index (χ1) is 16.4. The molecule has 174 valence electrons. The molecule has 5 rings (SSSR count). The van der Waals surface area contributed by atoms with Crippen LogP contribution in [0.3, 0.4) is 0 Å². The number of fused-ring (bicyclic) bond motifs is 1. The number of aryl methyl sites for hydroxylation is 1. The van der Waals surface area contributed by atoms with Gasteiger partial charge in [-0.25, -0.2) is 18.4 Å². The Morgan fingerprint density at radius 2 is 1.88 bits per heavy atom. The lowest BCUT2D eigenvalue weighted by molar-refractivity contribution is 0.0955. The number of carbonyl (C=O) groups excluding carboxylic acids is 1. The van der Waals surface area contributed by atoms with Crippen molar-refractivity contribution in [2.24, 2.45) is 0 Å². The maximum Gasteiger partial charge on any atom is 0.252 e. The van der Waals surface area contributed by atoms with Gasteiger partial charge in [0.15, 0.2) is 21.3 Å². The van der Waals surface area contributed by atoms with Crippen molar-refractivity contribution in [1.82, 2.24) is 25.1 Å². The topological polar surface area (TPSA) is 107 Å². The minimum Gasteiger partial charge on any atom is -0.352 e. The molecule has 8 nitrogen and oxygen atoms in total. The summed E-state index contributed by atoms with van der Waals surface area (Å²) in [6.07, 6.45) is 4.11. The minimum absolute atomic E-state index is 0.0347. The summed E-state index contributed by atoms with van der Waals surface area (Å²) in [5.41, 5.74) is 2.68. The minimum atomic E-state index is -3.38. The zero-order valence-electron chi connectivity index (χ0n) is 18.8. The summed E-state index contributed by atoms with van der Waals surface area (Å²) in [5.74, 6) is 0.695. The van der Waals surface area contributed by atoms with Crippen LogP contribution in [0.5, 0.6) is 0 Å². The van der Waals surface area contributed by atoms with Gasteiger partial charge in [-0.15, -0.1) is 0 Å². The van der Waals surface area contributed by atoms with Crippen LogP contribution in [0.4, 0.5) is 0 Å². The fourth-order valence-electron chi connectivity index (χ4n) is 4.02. The molecule has 3 heterocycles. The number of carbonyl (C=O) groups is 1. The van der Waals surface area contributed by atoms with Gasteiger partial charge in [0.25, 0.3) is 5.91 Å². The lowest BCUT2D eigenvalue weighted by Gasteiger charge is -2.10. The second kappa shape index (κ2) is 8.98. The monoisotopic (exact) mass is 475 g/mol. The van der Waals surface area contributed by atoms with Gasteiger partial charge in [-0.1, -0.05) is 24.3 Å². The Balaban J connectivity index is 1.38. The van der Waals surface area contributed by atoms with E-state index in [1.54, 1.807) is 41.2 Å². The second-order valence-corrected chi connectivity index (χ2v) is 10.6. The van der Waals surface area contributed by atoms with Crippen LogP contribution in [0.2, 0.25) is 0 Å². The summed E-state index contributed by atoms with van der Waals surface area (Å²) >= 11 is 0. The van der Waals surface area contributed by atoms with Gasteiger partial charge in [0, 0.05) is 24.4 Å². The van der Waals surface area contributed by atoms with E-state index < -0.39 is 9.84 Å². The number of aromatic nitrogens is 4. The number of amides is 1. The third-order valence-electron chi connectivity index (χ3n) is 5.92. The number of nitrogens with one attached hydrogen (secondary N) is 1. The van der Waals surface area contributed by atoms with Crippen molar-refractivity contribution in [3.63, 3.8) is 0 Å². The second-order valence-electron chi connectivity index (χ2n) is 8.49. The van der Waals surface area contributed by atoms with Gasteiger partial charge in [-0.3, -0.25) is 4.79 Å². The van der Waals surface area contributed by atoms with Crippen molar-refractivity contribution in [2.45, 2.75) is 37.0 Å². The number of hydrogen-bond donors (Lipinski definition) is 1. The van der Waals surface area contributed by atoms with Crippen LogP contribution in [-0.4, -0.2) is 46.4 Å². The fourth-order valence-corrected chi connectivity index (χ4v) is 5.35. The van der Waals surface area contributed by atoms with Crippen LogP contribution in [0.15, 0.2) is 65.7 Å². The third-order valence-corrected chi connectivity index (χ3v) is 7.73. The molecule has 0 unspecified atom stereocenters. The van der Waals surface area contributed by atoms with Gasteiger partial charge in [-0.05, 0) is 56.5 Å². The summed E-state index contributed by atoms with van der Waals surface area (Å²) < 4.78 is 26.7. The lowest BCUT2D eigenvalue weighted by Crippen LogP contribution is -2.26. The molecule has 1 amide bonds. The molecule has 1 aromatic carbocycles. The van der Waals surface area contributed by atoms with E-state index in [9.17, 15) is 13.2 Å². The predicted molar refractivity (Wildman–Crippen MR) is 129 cm³/mol. The van der Waals surface area contributed by atoms with E-state index in [1.807, 2.05) is 31.2 Å². The standard InChI is InChI=1S/C25H25N5O3S/c1-17-23-20(25(31)27-14-7-15-34(32,33)19-8-3-2-4-9-19)16-21(18-11-12-18)28-24(23)30(29-17)22-10-5-6-13-26-22/h2-6,8-10,13,16,18H,7,11-12,14-15H2,1H3,(H,27,31). The lowest BCUT2D eigenvalue weighted by atomic mass is 10.1. The average molecular weight is 476 g/mol. The fraction of sp³-hybridized carbons (Fsp3) is 0.280. The molecule has 0 aliphatic heterocycles. The van der Waals surface area contributed by atoms with Crippen LogP contribution in [0, 0.1) is 6.92 Å². The van der Waals surface area contributed by atoms with Crippen molar-refractivity contribution < 1.29 is 13.2 Å². The number of hydrogen-bond acceptors (Lipinski definition) is 6. The molecule has 0 radical (unpaired) electrons. The molecule has 1 fully saturated rings. The molecule has 1 aliphatic carbocycles. The van der Waals surface area contributed by atoms with E-state index in [-0.39, 0.29) is 18.2 Å². The molecule has 1 N–H and O–H groups in total. The Labute approximate surface area is 198 Å². The first kappa shape index (κ1) is 22.2. The number of sulfone groups is 1. The van der Waals surface area contributed by atoms with Gasteiger partial charge < -0.3 is 5.32 Å². The molecule has 0 spiro atoms. The SMILES string of the molecule is Cc1nn(-c2ccccn2)c2nc(C3CC3)cc(C(=O)NCCCS(=O)(=O)c3ccccc3)c12. The van der Waals surface area contributed by atoms with E-state index in [4.69, 9.17) is 4.98 Å². The summed E-state index contributed by atoms with van der Waals surface area (Å²) in [5, 5.41) is 8.20. The Kier molecular flexibility index (Phi) is 5.87. The van der Waals surface area contributed by atoms with Crippen LogP contribution in [-0.2, 0) is 9.84 Å². The Hall–Kier alpha value is -3.59. The first-order valence-corrected chi connectivity index (χ1v) is 13.0. The zero-order chi connectivity index (χ0) is 23.7. The maximum atomic E-state index is 13.2. The molecular weight excluding hydrogens is 450 g/mol. The van der Waals surface area contributed by atoms with Crippen molar-refractivity contribution in [2.75, 3.05) is 12.3 Å². The highest BCUT2D eigenvalue weighted by Gasteiger charge is 2.29. The van der Waals surface area contributed by atoms with E-state index in [2.05, 4.69) is 15.4 Å². The van der Waals surface area contributed by atoms with Crippen molar-refractivity contribution >= 4 is 26.8 Å². The van der Waals surface area contributed by atoms with E-state index in [1.165, 1.54) is 0 Å². The highest BCUT2D eigenvalue weighted by molar-refractivity contribution is 7.91.